The van der Waals surface area contributed by atoms with Crippen LogP contribution in [0.1, 0.15) is 106 Å². The molecule has 119 heavy (non-hydrogen) atoms. The smallest absolute Gasteiger partial charge is 0.0713 e. The Morgan fingerprint density at radius 2 is 0.521 bits per heavy atom. The molecule has 4 aliphatic carbocycles. The van der Waals surface area contributed by atoms with Gasteiger partial charge in [0.25, 0.3) is 0 Å². The second-order valence-electron chi connectivity index (χ2n) is 32.9. The third-order valence-electron chi connectivity index (χ3n) is 25.7. The van der Waals surface area contributed by atoms with Crippen molar-refractivity contribution in [2.75, 3.05) is 4.90 Å². The number of hydrogen-bond donors (Lipinski definition) is 0. The minimum atomic E-state index is -0.479. The summed E-state index contributed by atoms with van der Waals surface area (Å²) in [5, 5.41) is 0. The molecule has 0 amide bonds. The lowest BCUT2D eigenvalue weighted by Crippen LogP contribution is -2.28. The lowest BCUT2D eigenvalue weighted by Gasteiger charge is -2.34. The summed E-state index contributed by atoms with van der Waals surface area (Å²) >= 11 is 3.80. The number of halogens is 1. The summed E-state index contributed by atoms with van der Waals surface area (Å²) < 4.78 is 1.11. The zero-order valence-electron chi connectivity index (χ0n) is 67.3. The van der Waals surface area contributed by atoms with Crippen molar-refractivity contribution < 1.29 is 0 Å². The van der Waals surface area contributed by atoms with Gasteiger partial charge in [-0.15, -0.1) is 0 Å². The second kappa shape index (κ2) is 30.7. The largest absolute Gasteiger partial charge is 0.310 e. The minimum absolute atomic E-state index is 0.0686. The maximum atomic E-state index is 3.80. The fourth-order valence-corrected chi connectivity index (χ4v) is 20.7. The summed E-state index contributed by atoms with van der Waals surface area (Å²) in [5.41, 5.74) is 41.7. The van der Waals surface area contributed by atoms with E-state index in [-0.39, 0.29) is 16.2 Å². The summed E-state index contributed by atoms with van der Waals surface area (Å²) in [4.78, 5) is 2.48. The molecule has 2 heteroatoms. The van der Waals surface area contributed by atoms with Gasteiger partial charge in [-0.1, -0.05) is 456 Å². The van der Waals surface area contributed by atoms with Crippen LogP contribution in [0.2, 0.25) is 0 Å². The molecule has 0 aromatic heterocycles. The average Bonchev–Trinajstić information content (AvgIpc) is 1.54. The highest BCUT2D eigenvalue weighted by molar-refractivity contribution is 9.10. The first kappa shape index (κ1) is 74.1. The molecule has 0 spiro atoms. The van der Waals surface area contributed by atoms with E-state index >= 15 is 0 Å². The third-order valence-corrected chi connectivity index (χ3v) is 26.4. The van der Waals surface area contributed by atoms with Gasteiger partial charge in [0.2, 0.25) is 0 Å². The van der Waals surface area contributed by atoms with Crippen LogP contribution in [-0.2, 0) is 28.1 Å². The van der Waals surface area contributed by atoms with E-state index in [0.717, 1.165) is 28.0 Å². The number of nitrogens with zero attached hydrogens (tertiary/aromatic N) is 1. The van der Waals surface area contributed by atoms with Gasteiger partial charge < -0.3 is 4.90 Å². The highest BCUT2D eigenvalue weighted by Crippen LogP contribution is 2.62. The Bertz CT molecular complexity index is 6710. The van der Waals surface area contributed by atoms with Crippen LogP contribution in [-0.4, -0.2) is 0 Å². The van der Waals surface area contributed by atoms with Crippen LogP contribution in [0.15, 0.2) is 453 Å². The van der Waals surface area contributed by atoms with E-state index in [4.69, 9.17) is 0 Å². The molecule has 0 radical (unpaired) electrons. The molecule has 0 aliphatic heterocycles. The molecular formula is C117H88BrN. The number of fused-ring (bicyclic) bond motifs is 12. The number of rotatable bonds is 13. The van der Waals surface area contributed by atoms with E-state index in [1.54, 1.807) is 0 Å². The molecule has 0 saturated heterocycles. The molecule has 0 heterocycles. The molecule has 22 rings (SSSR count). The topological polar surface area (TPSA) is 3.24 Å². The second-order valence-corrected chi connectivity index (χ2v) is 33.8. The zero-order chi connectivity index (χ0) is 80.2. The SMILES string of the molecule is Brc1ccccc1-c1cccc2c1-c1ccccc1C2(c1ccccc1)c1ccccc1.CC1(C)c2ccccc2-c2ccc(Cc3ccc(-c4ccccc4)cc3)cc21.CC1(C)c2ccccc2-c2ccc(N(c3ccc(-c4ccccc4)cc3)c3ccccc3-c3cccc4c3-c3ccccc3C4(c3ccccc3)c3ccccc3)cc21. The van der Waals surface area contributed by atoms with Gasteiger partial charge in [-0.3, -0.25) is 0 Å². The van der Waals surface area contributed by atoms with Gasteiger partial charge in [-0.05, 0) is 204 Å². The van der Waals surface area contributed by atoms with Gasteiger partial charge in [0.05, 0.1) is 16.5 Å². The Hall–Kier alpha value is -13.8. The van der Waals surface area contributed by atoms with E-state index in [2.05, 4.69) is 497 Å². The predicted octanol–water partition coefficient (Wildman–Crippen LogP) is 30.9. The van der Waals surface area contributed by atoms with Crippen LogP contribution in [0.25, 0.3) is 89.0 Å². The zero-order valence-corrected chi connectivity index (χ0v) is 68.8. The molecule has 0 bridgehead atoms. The number of benzene rings is 18. The summed E-state index contributed by atoms with van der Waals surface area (Å²) in [5.74, 6) is 0. The summed E-state index contributed by atoms with van der Waals surface area (Å²) in [6.45, 7) is 9.42. The van der Waals surface area contributed by atoms with Crippen molar-refractivity contribution in [1.82, 2.24) is 0 Å². The van der Waals surface area contributed by atoms with Gasteiger partial charge in [0.1, 0.15) is 0 Å². The third kappa shape index (κ3) is 12.6. The molecule has 18 aromatic carbocycles. The van der Waals surface area contributed by atoms with Crippen molar-refractivity contribution >= 4 is 33.0 Å². The van der Waals surface area contributed by atoms with Gasteiger partial charge in [0.15, 0.2) is 0 Å². The standard InChI is InChI=1S/C58H43N.C31H21Br.C28H24/c1-57(2)51-29-15-12-25-46(51)47-38-37-45(39-54(47)57)59(44-35-33-41(34-36-44)40-19-6-3-7-20-40)55-32-17-14-26-48(55)49-28-18-31-53-56(49)50-27-13-16-30-52(50)58(53,42-21-8-4-9-22-42)43-23-10-5-11-24-43;32-29-21-10-8-16-24(29)25-18-11-20-28-30(25)26-17-7-9-19-27(26)31(28,22-12-3-1-4-13-22)23-14-5-2-6-15-23;1-28(2)26-11-7-6-10-24(26)25-17-14-21(19-27(25)28)18-20-12-15-23(16-13-20)22-8-4-3-5-9-22/h3-39H,1-2H3;1-21H;3-17,19H,18H2,1-2H3. The Morgan fingerprint density at radius 1 is 0.210 bits per heavy atom. The van der Waals surface area contributed by atoms with Crippen LogP contribution >= 0.6 is 15.9 Å². The van der Waals surface area contributed by atoms with E-state index in [1.807, 2.05) is 0 Å². The normalized spacial score (nSPS) is 13.7. The maximum absolute atomic E-state index is 3.80. The van der Waals surface area contributed by atoms with E-state index < -0.39 is 5.41 Å². The Kier molecular flexibility index (Phi) is 19.1. The first-order valence-electron chi connectivity index (χ1n) is 41.6. The van der Waals surface area contributed by atoms with Crippen LogP contribution < -0.4 is 4.90 Å². The number of anilines is 3. The first-order chi connectivity index (χ1) is 58.5. The molecule has 4 aliphatic rings. The monoisotopic (exact) mass is 1590 g/mol. The van der Waals surface area contributed by atoms with Crippen molar-refractivity contribution in [3.63, 3.8) is 0 Å². The molecule has 0 unspecified atom stereocenters. The van der Waals surface area contributed by atoms with Crippen molar-refractivity contribution in [3.05, 3.63) is 531 Å². The highest BCUT2D eigenvalue weighted by Gasteiger charge is 2.49. The molecule has 0 atom stereocenters. The lowest BCUT2D eigenvalue weighted by molar-refractivity contribution is 0.659. The minimum Gasteiger partial charge on any atom is -0.310 e. The molecule has 18 aromatic rings. The Morgan fingerprint density at radius 3 is 0.983 bits per heavy atom. The summed E-state index contributed by atoms with van der Waals surface area (Å²) in [6.07, 6.45) is 0.967. The van der Waals surface area contributed by atoms with Crippen LogP contribution in [0.4, 0.5) is 17.1 Å². The molecule has 0 saturated carbocycles. The lowest BCUT2D eigenvalue weighted by atomic mass is 9.67. The van der Waals surface area contributed by atoms with Gasteiger partial charge >= 0.3 is 0 Å². The molecular weight excluding hydrogens is 1500 g/mol. The summed E-state index contributed by atoms with van der Waals surface area (Å²) in [6, 6.07) is 164. The van der Waals surface area contributed by atoms with Crippen LogP contribution in [0, 0.1) is 0 Å². The molecule has 568 valence electrons. The van der Waals surface area contributed by atoms with Crippen molar-refractivity contribution in [1.29, 1.82) is 0 Å². The van der Waals surface area contributed by atoms with Gasteiger partial charge in [-0.2, -0.15) is 0 Å². The van der Waals surface area contributed by atoms with E-state index in [9.17, 15) is 0 Å². The number of hydrogen-bond acceptors (Lipinski definition) is 1. The van der Waals surface area contributed by atoms with Gasteiger partial charge in [0, 0.05) is 32.2 Å². The fourth-order valence-electron chi connectivity index (χ4n) is 20.2. The molecule has 0 N–H and O–H groups in total. The Balaban J connectivity index is 0.000000127. The van der Waals surface area contributed by atoms with E-state index in [0.29, 0.717) is 0 Å². The maximum Gasteiger partial charge on any atom is 0.0713 e. The van der Waals surface area contributed by atoms with Crippen molar-refractivity contribution in [3.8, 4) is 89.0 Å². The molecule has 1 nitrogen and oxygen atoms in total. The predicted molar refractivity (Wildman–Crippen MR) is 502 cm³/mol. The fraction of sp³-hybridized carbons (Fsp3) is 0.0769. The Labute approximate surface area is 708 Å². The number of para-hydroxylation sites is 1. The van der Waals surface area contributed by atoms with Crippen LogP contribution in [0.3, 0.4) is 0 Å². The first-order valence-corrected chi connectivity index (χ1v) is 42.4. The highest BCUT2D eigenvalue weighted by atomic mass is 79.9. The average molecular weight is 1590 g/mol. The van der Waals surface area contributed by atoms with Crippen LogP contribution in [0.5, 0.6) is 0 Å². The van der Waals surface area contributed by atoms with Crippen molar-refractivity contribution in [2.45, 2.75) is 55.8 Å². The van der Waals surface area contributed by atoms with E-state index in [1.165, 1.54) is 167 Å². The van der Waals surface area contributed by atoms with Crippen molar-refractivity contribution in [2.24, 2.45) is 0 Å². The summed E-state index contributed by atoms with van der Waals surface area (Å²) in [7, 11) is 0. The quantitative estimate of drug-likeness (QED) is 0.111. The molecule has 0 fully saturated rings. The van der Waals surface area contributed by atoms with Gasteiger partial charge in [-0.25, -0.2) is 0 Å².